The Hall–Kier alpha value is -0.800. The van der Waals surface area contributed by atoms with E-state index in [2.05, 4.69) is 13.2 Å². The minimum absolute atomic E-state index is 0. The molecule has 0 aromatic rings. The fourth-order valence-corrected chi connectivity index (χ4v) is 0.668. The molecular weight excluding hydrogens is 202 g/mol. The summed E-state index contributed by atoms with van der Waals surface area (Å²) >= 11 is 0. The molecule has 0 amide bonds. The topological polar surface area (TPSA) is 29.5 Å². The minimum Gasteiger partial charge on any atom is -0.446 e. The molecule has 0 unspecified atom stereocenters. The number of halogens is 1. The number of nitrogens with zero attached hydrogens (tertiary/aromatic N) is 1. The van der Waals surface area contributed by atoms with E-state index in [-0.39, 0.29) is 18.4 Å². The lowest BCUT2D eigenvalue weighted by Gasteiger charge is -2.10. The quantitative estimate of drug-likeness (QED) is 0.296. The van der Waals surface area contributed by atoms with Crippen LogP contribution in [0.5, 0.6) is 0 Å². The Balaban J connectivity index is 0. The van der Waals surface area contributed by atoms with Crippen molar-refractivity contribution in [1.82, 2.24) is 4.90 Å². The summed E-state index contributed by atoms with van der Waals surface area (Å²) in [5.74, 6) is -0.324. The molecule has 0 fully saturated rings. The van der Waals surface area contributed by atoms with Crippen LogP contribution in [0.4, 0.5) is 0 Å². The predicted octanol–water partition coefficient (Wildman–Crippen LogP) is 1.99. The van der Waals surface area contributed by atoms with Crippen LogP contribution in [0.25, 0.3) is 0 Å². The van der Waals surface area contributed by atoms with Crippen molar-refractivity contribution in [3.05, 3.63) is 24.8 Å². The number of carbonyl (C=O) groups excluding carboxylic acids is 1. The van der Waals surface area contributed by atoms with Gasteiger partial charge in [0.05, 0.1) is 0 Å². The standard InChI is InChI=1S/C10H17NO2.ClH/c1-5-6-7-9(2)10(12)13-8-11(3)4;/h5H,1-2,6-8H2,3-4H3;1H. The second-order valence-electron chi connectivity index (χ2n) is 3.07. The molecule has 0 bridgehead atoms. The molecule has 0 spiro atoms. The van der Waals surface area contributed by atoms with Gasteiger partial charge in [0.15, 0.2) is 0 Å². The second kappa shape index (κ2) is 8.78. The van der Waals surface area contributed by atoms with Gasteiger partial charge in [0, 0.05) is 5.57 Å². The summed E-state index contributed by atoms with van der Waals surface area (Å²) in [5, 5.41) is 0. The summed E-state index contributed by atoms with van der Waals surface area (Å²) in [7, 11) is 3.67. The molecule has 0 aliphatic rings. The average Bonchev–Trinajstić information content (AvgIpc) is 2.10. The van der Waals surface area contributed by atoms with Gasteiger partial charge in [-0.2, -0.15) is 0 Å². The van der Waals surface area contributed by atoms with E-state index in [4.69, 9.17) is 4.74 Å². The highest BCUT2D eigenvalue weighted by Gasteiger charge is 2.07. The molecule has 0 aliphatic carbocycles. The van der Waals surface area contributed by atoms with Crippen LogP contribution in [-0.2, 0) is 9.53 Å². The van der Waals surface area contributed by atoms with Gasteiger partial charge in [0.25, 0.3) is 0 Å². The van der Waals surface area contributed by atoms with E-state index in [0.29, 0.717) is 18.7 Å². The minimum atomic E-state index is -0.324. The summed E-state index contributed by atoms with van der Waals surface area (Å²) in [6.45, 7) is 7.49. The monoisotopic (exact) mass is 219 g/mol. The molecule has 3 nitrogen and oxygen atoms in total. The first-order chi connectivity index (χ1) is 6.07. The van der Waals surface area contributed by atoms with Crippen molar-refractivity contribution in [2.45, 2.75) is 12.8 Å². The van der Waals surface area contributed by atoms with Crippen LogP contribution >= 0.6 is 12.4 Å². The van der Waals surface area contributed by atoms with Crippen LogP contribution in [-0.4, -0.2) is 31.7 Å². The molecule has 0 N–H and O–H groups in total. The Bertz CT molecular complexity index is 202. The highest BCUT2D eigenvalue weighted by atomic mass is 35.5. The average molecular weight is 220 g/mol. The van der Waals surface area contributed by atoms with Gasteiger partial charge >= 0.3 is 5.97 Å². The van der Waals surface area contributed by atoms with Crippen LogP contribution in [0.1, 0.15) is 12.8 Å². The zero-order valence-corrected chi connectivity index (χ0v) is 9.60. The fourth-order valence-electron chi connectivity index (χ4n) is 0.668. The van der Waals surface area contributed by atoms with Gasteiger partial charge in [-0.05, 0) is 26.9 Å². The van der Waals surface area contributed by atoms with Gasteiger partial charge in [0.1, 0.15) is 6.73 Å². The molecule has 0 atom stereocenters. The lowest BCUT2D eigenvalue weighted by Crippen LogP contribution is -2.20. The number of rotatable bonds is 6. The van der Waals surface area contributed by atoms with Crippen molar-refractivity contribution in [3.8, 4) is 0 Å². The number of esters is 1. The summed E-state index contributed by atoms with van der Waals surface area (Å²) in [6.07, 6.45) is 3.13. The van der Waals surface area contributed by atoms with Crippen molar-refractivity contribution in [2.24, 2.45) is 0 Å². The van der Waals surface area contributed by atoms with E-state index < -0.39 is 0 Å². The number of allylic oxidation sites excluding steroid dienone is 1. The zero-order chi connectivity index (χ0) is 10.3. The highest BCUT2D eigenvalue weighted by molar-refractivity contribution is 5.87. The molecule has 0 rings (SSSR count). The number of ether oxygens (including phenoxy) is 1. The van der Waals surface area contributed by atoms with Crippen molar-refractivity contribution in [2.75, 3.05) is 20.8 Å². The third kappa shape index (κ3) is 7.83. The third-order valence-electron chi connectivity index (χ3n) is 1.39. The molecular formula is C10H18ClNO2. The van der Waals surface area contributed by atoms with E-state index in [0.717, 1.165) is 6.42 Å². The number of hydrogen-bond donors (Lipinski definition) is 0. The lowest BCUT2D eigenvalue weighted by atomic mass is 10.2. The first kappa shape index (κ1) is 15.7. The normalized spacial score (nSPS) is 9.07. The Morgan fingerprint density at radius 2 is 2.07 bits per heavy atom. The first-order valence-corrected chi connectivity index (χ1v) is 4.18. The van der Waals surface area contributed by atoms with E-state index in [1.165, 1.54) is 0 Å². The van der Waals surface area contributed by atoms with Gasteiger partial charge in [-0.3, -0.25) is 4.90 Å². The van der Waals surface area contributed by atoms with Crippen LogP contribution < -0.4 is 0 Å². The van der Waals surface area contributed by atoms with Gasteiger partial charge in [-0.15, -0.1) is 19.0 Å². The molecule has 14 heavy (non-hydrogen) atoms. The maximum absolute atomic E-state index is 11.2. The SMILES string of the molecule is C=CCCC(=C)C(=O)OCN(C)C.Cl. The van der Waals surface area contributed by atoms with E-state index in [9.17, 15) is 4.79 Å². The summed E-state index contributed by atoms with van der Waals surface area (Å²) in [4.78, 5) is 12.9. The smallest absolute Gasteiger partial charge is 0.334 e. The van der Waals surface area contributed by atoms with Crippen molar-refractivity contribution in [3.63, 3.8) is 0 Å². The number of hydrogen-bond acceptors (Lipinski definition) is 3. The van der Waals surface area contributed by atoms with Gasteiger partial charge in [-0.25, -0.2) is 4.79 Å². The van der Waals surface area contributed by atoms with Crippen LogP contribution in [0.15, 0.2) is 24.8 Å². The largest absolute Gasteiger partial charge is 0.446 e. The molecule has 0 heterocycles. The van der Waals surface area contributed by atoms with E-state index in [1.54, 1.807) is 11.0 Å². The van der Waals surface area contributed by atoms with Gasteiger partial charge in [-0.1, -0.05) is 12.7 Å². The molecule has 82 valence electrons. The van der Waals surface area contributed by atoms with E-state index in [1.807, 2.05) is 14.1 Å². The molecule has 0 saturated carbocycles. The Morgan fingerprint density at radius 3 is 2.50 bits per heavy atom. The summed E-state index contributed by atoms with van der Waals surface area (Å²) in [6, 6.07) is 0. The van der Waals surface area contributed by atoms with Crippen molar-refractivity contribution < 1.29 is 9.53 Å². The summed E-state index contributed by atoms with van der Waals surface area (Å²) in [5.41, 5.74) is 0.502. The molecule has 0 radical (unpaired) electrons. The molecule has 0 saturated heterocycles. The first-order valence-electron chi connectivity index (χ1n) is 4.18. The Labute approximate surface area is 91.8 Å². The Kier molecular flexibility index (Phi) is 9.83. The highest BCUT2D eigenvalue weighted by Crippen LogP contribution is 2.04. The van der Waals surface area contributed by atoms with Crippen LogP contribution in [0.2, 0.25) is 0 Å². The third-order valence-corrected chi connectivity index (χ3v) is 1.39. The van der Waals surface area contributed by atoms with Crippen LogP contribution in [0.3, 0.4) is 0 Å². The van der Waals surface area contributed by atoms with Gasteiger partial charge in [0.2, 0.25) is 0 Å². The van der Waals surface area contributed by atoms with Crippen molar-refractivity contribution >= 4 is 18.4 Å². The zero-order valence-electron chi connectivity index (χ0n) is 8.78. The Morgan fingerprint density at radius 1 is 1.50 bits per heavy atom. The molecule has 4 heteroatoms. The van der Waals surface area contributed by atoms with Gasteiger partial charge < -0.3 is 4.74 Å². The predicted molar refractivity (Wildman–Crippen MR) is 60.5 cm³/mol. The van der Waals surface area contributed by atoms with Crippen LogP contribution in [0, 0.1) is 0 Å². The van der Waals surface area contributed by atoms with E-state index >= 15 is 0 Å². The molecule has 0 aromatic heterocycles. The molecule has 0 aromatic carbocycles. The number of carbonyl (C=O) groups is 1. The fraction of sp³-hybridized carbons (Fsp3) is 0.500. The maximum Gasteiger partial charge on any atom is 0.334 e. The second-order valence-corrected chi connectivity index (χ2v) is 3.07. The lowest BCUT2D eigenvalue weighted by molar-refractivity contribution is -0.142. The molecule has 0 aliphatic heterocycles. The van der Waals surface area contributed by atoms with Crippen molar-refractivity contribution in [1.29, 1.82) is 0 Å². The summed E-state index contributed by atoms with van der Waals surface area (Å²) < 4.78 is 4.92. The maximum atomic E-state index is 11.2.